The van der Waals surface area contributed by atoms with E-state index in [9.17, 15) is 22.8 Å². The van der Waals surface area contributed by atoms with Gasteiger partial charge in [-0.15, -0.1) is 0 Å². The second kappa shape index (κ2) is 11.1. The first kappa shape index (κ1) is 26.1. The predicted molar refractivity (Wildman–Crippen MR) is 129 cm³/mol. The van der Waals surface area contributed by atoms with Gasteiger partial charge in [0.1, 0.15) is 12.6 Å². The first-order valence-electron chi connectivity index (χ1n) is 10.7. The molecule has 33 heavy (non-hydrogen) atoms. The molecule has 2 amide bonds. The Morgan fingerprint density at radius 1 is 1.06 bits per heavy atom. The zero-order chi connectivity index (χ0) is 24.8. The van der Waals surface area contributed by atoms with Gasteiger partial charge in [0.15, 0.2) is 5.78 Å². The van der Waals surface area contributed by atoms with Gasteiger partial charge in [-0.2, -0.15) is 0 Å². The van der Waals surface area contributed by atoms with E-state index in [2.05, 4.69) is 5.32 Å². The van der Waals surface area contributed by atoms with Gasteiger partial charge in [-0.05, 0) is 51.0 Å². The molecule has 8 nitrogen and oxygen atoms in total. The van der Waals surface area contributed by atoms with Crippen LogP contribution in [-0.2, 0) is 26.2 Å². The fraction of sp³-hybridized carbons (Fsp3) is 0.375. The Hall–Kier alpha value is -3.20. The lowest BCUT2D eigenvalue weighted by Crippen LogP contribution is -2.51. The molecule has 0 fully saturated rings. The third-order valence-corrected chi connectivity index (χ3v) is 6.48. The molecule has 0 aliphatic heterocycles. The van der Waals surface area contributed by atoms with Crippen LogP contribution in [0.25, 0.3) is 0 Å². The zero-order valence-corrected chi connectivity index (χ0v) is 20.5. The summed E-state index contributed by atoms with van der Waals surface area (Å²) < 4.78 is 26.1. The zero-order valence-electron chi connectivity index (χ0n) is 19.7. The summed E-state index contributed by atoms with van der Waals surface area (Å²) in [7, 11) is -3.85. The molecule has 1 unspecified atom stereocenters. The highest BCUT2D eigenvalue weighted by atomic mass is 32.2. The van der Waals surface area contributed by atoms with Crippen molar-refractivity contribution in [2.24, 2.45) is 0 Å². The average molecular weight is 474 g/mol. The van der Waals surface area contributed by atoms with Crippen LogP contribution in [0.15, 0.2) is 48.5 Å². The Morgan fingerprint density at radius 2 is 1.73 bits per heavy atom. The van der Waals surface area contributed by atoms with Crippen LogP contribution in [0.2, 0.25) is 0 Å². The first-order valence-corrected chi connectivity index (χ1v) is 12.5. The summed E-state index contributed by atoms with van der Waals surface area (Å²) in [6, 6.07) is 12.8. The molecule has 0 aliphatic carbocycles. The minimum absolute atomic E-state index is 0.148. The molecule has 178 valence electrons. The number of amides is 2. The molecule has 0 bridgehead atoms. The fourth-order valence-electron chi connectivity index (χ4n) is 3.37. The van der Waals surface area contributed by atoms with E-state index in [1.54, 1.807) is 26.0 Å². The van der Waals surface area contributed by atoms with Crippen molar-refractivity contribution in [2.75, 3.05) is 23.7 Å². The number of hydrogen-bond acceptors (Lipinski definition) is 5. The van der Waals surface area contributed by atoms with Crippen molar-refractivity contribution in [3.63, 3.8) is 0 Å². The predicted octanol–water partition coefficient (Wildman–Crippen LogP) is 2.52. The lowest BCUT2D eigenvalue weighted by atomic mass is 10.1. The average Bonchev–Trinajstić information content (AvgIpc) is 2.75. The summed E-state index contributed by atoms with van der Waals surface area (Å²) in [4.78, 5) is 39.1. The molecule has 1 atom stereocenters. The molecule has 2 rings (SSSR count). The maximum absolute atomic E-state index is 13.4. The normalized spacial score (nSPS) is 12.0. The van der Waals surface area contributed by atoms with Gasteiger partial charge < -0.3 is 10.2 Å². The van der Waals surface area contributed by atoms with Crippen molar-refractivity contribution in [3.05, 3.63) is 65.2 Å². The molecule has 0 radical (unpaired) electrons. The second-order valence-electron chi connectivity index (χ2n) is 7.89. The maximum atomic E-state index is 13.4. The Morgan fingerprint density at radius 3 is 2.30 bits per heavy atom. The van der Waals surface area contributed by atoms with Crippen LogP contribution in [0, 0.1) is 6.92 Å². The second-order valence-corrected chi connectivity index (χ2v) is 9.80. The van der Waals surface area contributed by atoms with Gasteiger partial charge in [-0.1, -0.05) is 36.4 Å². The Labute approximate surface area is 195 Å². The van der Waals surface area contributed by atoms with E-state index < -0.39 is 28.5 Å². The van der Waals surface area contributed by atoms with Crippen molar-refractivity contribution in [1.82, 2.24) is 10.2 Å². The number of Topliss-reactive ketones (excluding diaryl/α,β-unsaturated/α-hetero) is 1. The Bertz CT molecular complexity index is 1130. The van der Waals surface area contributed by atoms with Gasteiger partial charge in [0.25, 0.3) is 0 Å². The van der Waals surface area contributed by atoms with Crippen LogP contribution in [0.4, 0.5) is 5.69 Å². The van der Waals surface area contributed by atoms with Crippen molar-refractivity contribution in [3.8, 4) is 0 Å². The standard InChI is InChI=1S/C24H31N3O5S/c1-6-25-24(30)18(3)26(15-21-11-8-7-10-17(21)2)23(29)16-27(33(5,31)32)22-13-9-12-20(14-22)19(4)28/h7-14,18H,6,15-16H2,1-5H3,(H,25,30). The maximum Gasteiger partial charge on any atom is 0.244 e. The fourth-order valence-corrected chi connectivity index (χ4v) is 4.21. The van der Waals surface area contributed by atoms with Crippen LogP contribution in [0.5, 0.6) is 0 Å². The van der Waals surface area contributed by atoms with E-state index in [4.69, 9.17) is 0 Å². The molecule has 0 aromatic heterocycles. The number of likely N-dealkylation sites (N-methyl/N-ethyl adjacent to an activating group) is 1. The van der Waals surface area contributed by atoms with Crippen molar-refractivity contribution in [1.29, 1.82) is 0 Å². The minimum atomic E-state index is -3.85. The van der Waals surface area contributed by atoms with Crippen LogP contribution in [0.1, 0.15) is 42.3 Å². The number of rotatable bonds is 10. The third kappa shape index (κ3) is 6.89. The number of aryl methyl sites for hydroxylation is 1. The SMILES string of the molecule is CCNC(=O)C(C)N(Cc1ccccc1C)C(=O)CN(c1cccc(C(C)=O)c1)S(C)(=O)=O. The summed E-state index contributed by atoms with van der Waals surface area (Å²) in [5.74, 6) is -1.08. The number of carbonyl (C=O) groups excluding carboxylic acids is 3. The lowest BCUT2D eigenvalue weighted by Gasteiger charge is -2.31. The number of nitrogens with one attached hydrogen (secondary N) is 1. The topological polar surface area (TPSA) is 104 Å². The van der Waals surface area contributed by atoms with Gasteiger partial charge in [-0.3, -0.25) is 18.7 Å². The summed E-state index contributed by atoms with van der Waals surface area (Å²) in [6.07, 6.45) is 1.000. The highest BCUT2D eigenvalue weighted by molar-refractivity contribution is 7.92. The molecular weight excluding hydrogens is 442 g/mol. The molecule has 0 heterocycles. The molecule has 0 saturated carbocycles. The monoisotopic (exact) mass is 473 g/mol. The van der Waals surface area contributed by atoms with Crippen LogP contribution >= 0.6 is 0 Å². The number of anilines is 1. The smallest absolute Gasteiger partial charge is 0.244 e. The summed E-state index contributed by atoms with van der Waals surface area (Å²) >= 11 is 0. The molecule has 2 aromatic carbocycles. The number of nitrogens with zero attached hydrogens (tertiary/aromatic N) is 2. The van der Waals surface area contributed by atoms with E-state index in [0.29, 0.717) is 12.1 Å². The Kier molecular flexibility index (Phi) is 8.76. The van der Waals surface area contributed by atoms with Gasteiger partial charge in [-0.25, -0.2) is 8.42 Å². The van der Waals surface area contributed by atoms with Crippen LogP contribution in [0.3, 0.4) is 0 Å². The number of benzene rings is 2. The summed E-state index contributed by atoms with van der Waals surface area (Å²) in [5, 5.41) is 2.71. The van der Waals surface area contributed by atoms with Gasteiger partial charge in [0.2, 0.25) is 21.8 Å². The van der Waals surface area contributed by atoms with E-state index in [1.807, 2.05) is 31.2 Å². The molecule has 9 heteroatoms. The molecule has 0 saturated heterocycles. The molecule has 0 aliphatic rings. The van der Waals surface area contributed by atoms with Crippen LogP contribution < -0.4 is 9.62 Å². The van der Waals surface area contributed by atoms with Gasteiger partial charge in [0.05, 0.1) is 11.9 Å². The molecular formula is C24H31N3O5S. The number of sulfonamides is 1. The van der Waals surface area contributed by atoms with Crippen molar-refractivity contribution >= 4 is 33.3 Å². The lowest BCUT2D eigenvalue weighted by molar-refractivity contribution is -0.139. The van der Waals surface area contributed by atoms with E-state index >= 15 is 0 Å². The molecule has 0 spiro atoms. The highest BCUT2D eigenvalue weighted by Crippen LogP contribution is 2.21. The number of carbonyl (C=O) groups is 3. The summed E-state index contributed by atoms with van der Waals surface area (Å²) in [5.41, 5.74) is 2.35. The van der Waals surface area contributed by atoms with E-state index in [1.165, 1.54) is 24.0 Å². The Balaban J connectivity index is 2.44. The number of hydrogen-bond donors (Lipinski definition) is 1. The van der Waals surface area contributed by atoms with Gasteiger partial charge >= 0.3 is 0 Å². The largest absolute Gasteiger partial charge is 0.355 e. The van der Waals surface area contributed by atoms with E-state index in [0.717, 1.165) is 21.7 Å². The van der Waals surface area contributed by atoms with E-state index in [-0.39, 0.29) is 23.9 Å². The third-order valence-electron chi connectivity index (χ3n) is 5.34. The molecule has 1 N–H and O–H groups in total. The number of ketones is 1. The molecule has 2 aromatic rings. The summed E-state index contributed by atoms with van der Waals surface area (Å²) in [6.45, 7) is 6.74. The quantitative estimate of drug-likeness (QED) is 0.534. The minimum Gasteiger partial charge on any atom is -0.355 e. The first-order chi connectivity index (χ1) is 15.5. The van der Waals surface area contributed by atoms with Crippen LogP contribution in [-0.4, -0.2) is 56.3 Å². The van der Waals surface area contributed by atoms with Gasteiger partial charge in [0, 0.05) is 18.7 Å². The van der Waals surface area contributed by atoms with Crippen molar-refractivity contribution in [2.45, 2.75) is 40.3 Å². The highest BCUT2D eigenvalue weighted by Gasteiger charge is 2.30. The van der Waals surface area contributed by atoms with Crippen molar-refractivity contribution < 1.29 is 22.8 Å².